The summed E-state index contributed by atoms with van der Waals surface area (Å²) < 4.78 is 5.45. The van der Waals surface area contributed by atoms with Gasteiger partial charge in [0.05, 0.1) is 11.2 Å². The molecule has 1 aromatic rings. The first-order valence-electron chi connectivity index (χ1n) is 6.58. The molecule has 1 aromatic heterocycles. The van der Waals surface area contributed by atoms with Crippen LogP contribution < -0.4 is 0 Å². The molecule has 0 saturated carbocycles. The van der Waals surface area contributed by atoms with E-state index in [0.717, 1.165) is 24.6 Å². The molecular weight excluding hydrogens is 310 g/mol. The Kier molecular flexibility index (Phi) is 5.19. The summed E-state index contributed by atoms with van der Waals surface area (Å²) in [4.78, 5) is 25.4. The van der Waals surface area contributed by atoms with Gasteiger partial charge in [0.1, 0.15) is 16.1 Å². The Bertz CT molecular complexity index is 580. The largest absolute Gasteiger partial charge is 0.480 e. The van der Waals surface area contributed by atoms with Gasteiger partial charge in [0.25, 0.3) is 5.91 Å². The van der Waals surface area contributed by atoms with E-state index in [4.69, 9.17) is 16.6 Å². The van der Waals surface area contributed by atoms with Crippen molar-refractivity contribution in [2.45, 2.75) is 32.2 Å². The van der Waals surface area contributed by atoms with Crippen LogP contribution in [0.5, 0.6) is 0 Å². The second kappa shape index (κ2) is 6.91. The highest BCUT2D eigenvalue weighted by Crippen LogP contribution is 2.35. The standard InChI is InChI=1S/C14H15NO4S2/c1-2-3-6-10(13(17)18)15-12(16)11(21-14(15)20)8-9-5-4-7-19-9/h4-5,7-8,10H,2-3,6H2,1H3,(H,17,18)/t10-/m1/s1. The lowest BCUT2D eigenvalue weighted by atomic mass is 10.1. The maximum atomic E-state index is 12.4. The first kappa shape index (κ1) is 15.8. The Morgan fingerprint density at radius 2 is 2.38 bits per heavy atom. The molecule has 1 N–H and O–H groups in total. The number of aliphatic carboxylic acids is 1. The summed E-state index contributed by atoms with van der Waals surface area (Å²) in [5.74, 6) is -0.861. The number of furan rings is 1. The van der Waals surface area contributed by atoms with E-state index in [1.165, 1.54) is 11.2 Å². The summed E-state index contributed by atoms with van der Waals surface area (Å²) in [6.07, 6.45) is 5.07. The lowest BCUT2D eigenvalue weighted by Crippen LogP contribution is -2.43. The number of amides is 1. The van der Waals surface area contributed by atoms with Gasteiger partial charge >= 0.3 is 5.97 Å². The van der Waals surface area contributed by atoms with E-state index in [1.807, 2.05) is 6.92 Å². The first-order valence-corrected chi connectivity index (χ1v) is 7.80. The molecule has 1 aliphatic rings. The van der Waals surface area contributed by atoms with Gasteiger partial charge in [0.15, 0.2) is 0 Å². The fraction of sp³-hybridized carbons (Fsp3) is 0.357. The maximum absolute atomic E-state index is 12.4. The average Bonchev–Trinajstić information content (AvgIpc) is 3.02. The number of hydrogen-bond acceptors (Lipinski definition) is 5. The van der Waals surface area contributed by atoms with Crippen LogP contribution in [0.3, 0.4) is 0 Å². The fourth-order valence-electron chi connectivity index (χ4n) is 2.01. The molecule has 1 atom stereocenters. The topological polar surface area (TPSA) is 70.8 Å². The lowest BCUT2D eigenvalue weighted by molar-refractivity contribution is -0.145. The van der Waals surface area contributed by atoms with Crippen LogP contribution in [0.4, 0.5) is 0 Å². The van der Waals surface area contributed by atoms with Crippen LogP contribution in [0, 0.1) is 0 Å². The van der Waals surface area contributed by atoms with Gasteiger partial charge in [-0.3, -0.25) is 9.69 Å². The van der Waals surface area contributed by atoms with Gasteiger partial charge in [0, 0.05) is 6.08 Å². The molecule has 1 fully saturated rings. The lowest BCUT2D eigenvalue weighted by Gasteiger charge is -2.22. The van der Waals surface area contributed by atoms with Gasteiger partial charge in [-0.1, -0.05) is 43.7 Å². The minimum Gasteiger partial charge on any atom is -0.480 e. The smallest absolute Gasteiger partial charge is 0.326 e. The van der Waals surface area contributed by atoms with Crippen molar-refractivity contribution in [2.75, 3.05) is 0 Å². The van der Waals surface area contributed by atoms with E-state index in [9.17, 15) is 14.7 Å². The Balaban J connectivity index is 2.22. The number of rotatable bonds is 6. The Hall–Kier alpha value is -1.60. The van der Waals surface area contributed by atoms with Crippen LogP contribution in [0.2, 0.25) is 0 Å². The third-order valence-corrected chi connectivity index (χ3v) is 4.40. The highest BCUT2D eigenvalue weighted by Gasteiger charge is 2.40. The number of carbonyl (C=O) groups is 2. The normalized spacial score (nSPS) is 18.5. The summed E-state index contributed by atoms with van der Waals surface area (Å²) in [5.41, 5.74) is 0. The molecule has 0 spiro atoms. The third kappa shape index (κ3) is 3.54. The van der Waals surface area contributed by atoms with E-state index in [1.54, 1.807) is 18.2 Å². The molecule has 2 rings (SSSR count). The Morgan fingerprint density at radius 1 is 1.62 bits per heavy atom. The van der Waals surface area contributed by atoms with Crippen molar-refractivity contribution in [1.82, 2.24) is 4.90 Å². The summed E-state index contributed by atoms with van der Waals surface area (Å²) >= 11 is 6.27. The first-order chi connectivity index (χ1) is 10.0. The van der Waals surface area contributed by atoms with Crippen LogP contribution in [0.25, 0.3) is 6.08 Å². The van der Waals surface area contributed by atoms with Gasteiger partial charge in [-0.05, 0) is 18.6 Å². The summed E-state index contributed by atoms with van der Waals surface area (Å²) in [5, 5.41) is 9.34. The van der Waals surface area contributed by atoms with Gasteiger partial charge in [-0.2, -0.15) is 0 Å². The molecule has 1 aliphatic heterocycles. The highest BCUT2D eigenvalue weighted by atomic mass is 32.2. The number of thiocarbonyl (C=S) groups is 1. The van der Waals surface area contributed by atoms with Crippen molar-refractivity contribution in [3.05, 3.63) is 29.1 Å². The predicted molar refractivity (Wildman–Crippen MR) is 84.7 cm³/mol. The molecule has 5 nitrogen and oxygen atoms in total. The SMILES string of the molecule is CCCC[C@H](C(=O)O)N1C(=O)C(=Cc2ccco2)SC1=S. The maximum Gasteiger partial charge on any atom is 0.326 e. The van der Waals surface area contributed by atoms with Crippen molar-refractivity contribution in [2.24, 2.45) is 0 Å². The van der Waals surface area contributed by atoms with E-state index in [-0.39, 0.29) is 10.2 Å². The molecule has 0 unspecified atom stereocenters. The van der Waals surface area contributed by atoms with Crippen LogP contribution in [-0.4, -0.2) is 32.2 Å². The van der Waals surface area contributed by atoms with Crippen molar-refractivity contribution in [3.63, 3.8) is 0 Å². The Labute approximate surface area is 132 Å². The van der Waals surface area contributed by atoms with Crippen molar-refractivity contribution >= 4 is 46.3 Å². The predicted octanol–water partition coefficient (Wildman–Crippen LogP) is 3.12. The molecule has 7 heteroatoms. The molecule has 0 aliphatic carbocycles. The number of carboxylic acids is 1. The van der Waals surface area contributed by atoms with E-state index in [0.29, 0.717) is 17.1 Å². The number of thioether (sulfide) groups is 1. The van der Waals surface area contributed by atoms with Crippen LogP contribution in [0.1, 0.15) is 31.9 Å². The quantitative estimate of drug-likeness (QED) is 0.640. The monoisotopic (exact) mass is 325 g/mol. The third-order valence-electron chi connectivity index (χ3n) is 3.07. The molecule has 2 heterocycles. The summed E-state index contributed by atoms with van der Waals surface area (Å²) in [7, 11) is 0. The number of nitrogens with zero attached hydrogens (tertiary/aromatic N) is 1. The number of hydrogen-bond donors (Lipinski definition) is 1. The van der Waals surface area contributed by atoms with Crippen molar-refractivity contribution in [3.8, 4) is 0 Å². The fourth-order valence-corrected chi connectivity index (χ4v) is 3.35. The van der Waals surface area contributed by atoms with E-state index < -0.39 is 12.0 Å². The molecule has 21 heavy (non-hydrogen) atoms. The molecule has 1 saturated heterocycles. The summed E-state index contributed by atoms with van der Waals surface area (Å²) in [6, 6.07) is 2.53. The zero-order valence-corrected chi connectivity index (χ0v) is 13.1. The second-order valence-electron chi connectivity index (χ2n) is 4.56. The molecule has 0 radical (unpaired) electrons. The van der Waals surface area contributed by atoms with E-state index >= 15 is 0 Å². The van der Waals surface area contributed by atoms with Gasteiger partial charge in [0.2, 0.25) is 0 Å². The van der Waals surface area contributed by atoms with E-state index in [2.05, 4.69) is 0 Å². The van der Waals surface area contributed by atoms with Crippen LogP contribution in [0.15, 0.2) is 27.7 Å². The van der Waals surface area contributed by atoms with Crippen LogP contribution >= 0.6 is 24.0 Å². The van der Waals surface area contributed by atoms with Gasteiger partial charge < -0.3 is 9.52 Å². The number of unbranched alkanes of at least 4 members (excludes halogenated alkanes) is 1. The second-order valence-corrected chi connectivity index (χ2v) is 6.24. The number of carbonyl (C=O) groups excluding carboxylic acids is 1. The molecule has 112 valence electrons. The minimum atomic E-state index is -1.03. The van der Waals surface area contributed by atoms with Crippen LogP contribution in [-0.2, 0) is 9.59 Å². The van der Waals surface area contributed by atoms with Gasteiger partial charge in [-0.15, -0.1) is 0 Å². The molecule has 1 amide bonds. The average molecular weight is 325 g/mol. The minimum absolute atomic E-state index is 0.279. The molecular formula is C14H15NO4S2. The zero-order chi connectivity index (χ0) is 15.4. The summed E-state index contributed by atoms with van der Waals surface area (Å²) in [6.45, 7) is 1.97. The van der Waals surface area contributed by atoms with Crippen molar-refractivity contribution < 1.29 is 19.1 Å². The highest BCUT2D eigenvalue weighted by molar-refractivity contribution is 8.26. The molecule has 0 bridgehead atoms. The molecule has 0 aromatic carbocycles. The zero-order valence-electron chi connectivity index (χ0n) is 11.4. The van der Waals surface area contributed by atoms with Crippen molar-refractivity contribution in [1.29, 1.82) is 0 Å². The van der Waals surface area contributed by atoms with Gasteiger partial charge in [-0.25, -0.2) is 4.79 Å². The Morgan fingerprint density at radius 3 is 2.95 bits per heavy atom. The number of carboxylic acid groups (broad SMARTS) is 1.